The van der Waals surface area contributed by atoms with Crippen LogP contribution in [0.15, 0.2) is 49.1 Å². The van der Waals surface area contributed by atoms with E-state index in [1.165, 1.54) is 38.5 Å². The molecule has 21 heavy (non-hydrogen) atoms. The number of aromatic nitrogens is 1. The summed E-state index contributed by atoms with van der Waals surface area (Å²) in [5, 5.41) is 2.62. The van der Waals surface area contributed by atoms with Crippen LogP contribution in [0.1, 0.15) is 31.4 Å². The zero-order chi connectivity index (χ0) is 15.0. The van der Waals surface area contributed by atoms with Gasteiger partial charge < -0.3 is 4.57 Å². The summed E-state index contributed by atoms with van der Waals surface area (Å²) in [5.74, 6) is 0. The van der Waals surface area contributed by atoms with Gasteiger partial charge in [-0.05, 0) is 43.0 Å². The first-order valence-electron chi connectivity index (χ1n) is 7.52. The Balaban J connectivity index is 2.50. The molecule has 1 heteroatoms. The predicted molar refractivity (Wildman–Crippen MR) is 94.5 cm³/mol. The Morgan fingerprint density at radius 2 is 1.90 bits per heavy atom. The minimum absolute atomic E-state index is 0.982. The summed E-state index contributed by atoms with van der Waals surface area (Å²) < 4.78 is 2.30. The molecule has 0 radical (unpaired) electrons. The smallest absolute Gasteiger partial charge is 0.0570 e. The highest BCUT2D eigenvalue weighted by atomic mass is 15.0. The van der Waals surface area contributed by atoms with Crippen molar-refractivity contribution in [1.29, 1.82) is 0 Å². The number of hydrogen-bond acceptors (Lipinski definition) is 0. The molecular weight excluding hydrogens is 254 g/mol. The van der Waals surface area contributed by atoms with Crippen LogP contribution in [-0.4, -0.2) is 4.57 Å². The van der Waals surface area contributed by atoms with Gasteiger partial charge in [-0.15, -0.1) is 0 Å². The number of benzene rings is 2. The van der Waals surface area contributed by atoms with Gasteiger partial charge in [0.15, 0.2) is 0 Å². The van der Waals surface area contributed by atoms with E-state index in [2.05, 4.69) is 80.6 Å². The van der Waals surface area contributed by atoms with Gasteiger partial charge >= 0.3 is 0 Å². The first kappa shape index (κ1) is 13.7. The third kappa shape index (κ3) is 2.01. The standard InChI is InChI=1S/C20H21N/c1-5-13-21-19-10-8-7-9-17(19)18-12-11-16(14(3)6-2)15(4)20(18)21/h5,7-13H,3,6H2,1-2,4H3/b13-5+. The van der Waals surface area contributed by atoms with E-state index in [1.54, 1.807) is 0 Å². The van der Waals surface area contributed by atoms with E-state index in [0.29, 0.717) is 0 Å². The summed E-state index contributed by atoms with van der Waals surface area (Å²) in [6.45, 7) is 10.6. The molecule has 1 aromatic heterocycles. The summed E-state index contributed by atoms with van der Waals surface area (Å²) in [6.07, 6.45) is 5.22. The Bertz CT molecular complexity index is 862. The molecule has 0 fully saturated rings. The van der Waals surface area contributed by atoms with E-state index < -0.39 is 0 Å². The maximum atomic E-state index is 4.21. The lowest BCUT2D eigenvalue weighted by atomic mass is 9.97. The molecule has 0 spiro atoms. The molecule has 0 N–H and O–H groups in total. The summed E-state index contributed by atoms with van der Waals surface area (Å²) in [4.78, 5) is 0. The van der Waals surface area contributed by atoms with Crippen LogP contribution in [0.3, 0.4) is 0 Å². The highest BCUT2D eigenvalue weighted by Crippen LogP contribution is 2.34. The van der Waals surface area contributed by atoms with Crippen LogP contribution in [-0.2, 0) is 0 Å². The van der Waals surface area contributed by atoms with Crippen molar-refractivity contribution < 1.29 is 0 Å². The molecule has 2 aromatic carbocycles. The van der Waals surface area contributed by atoms with Crippen molar-refractivity contribution in [2.45, 2.75) is 27.2 Å². The van der Waals surface area contributed by atoms with Gasteiger partial charge in [-0.3, -0.25) is 0 Å². The first-order valence-corrected chi connectivity index (χ1v) is 7.52. The van der Waals surface area contributed by atoms with Crippen LogP contribution in [0.4, 0.5) is 0 Å². The fourth-order valence-corrected chi connectivity index (χ4v) is 3.14. The molecule has 0 saturated carbocycles. The summed E-state index contributed by atoms with van der Waals surface area (Å²) in [7, 11) is 0. The molecule has 0 aliphatic rings. The number of fused-ring (bicyclic) bond motifs is 3. The lowest BCUT2D eigenvalue weighted by Crippen LogP contribution is -1.93. The zero-order valence-corrected chi connectivity index (χ0v) is 13.0. The maximum absolute atomic E-state index is 4.21. The predicted octanol–water partition coefficient (Wildman–Crippen LogP) is 6.02. The van der Waals surface area contributed by atoms with Gasteiger partial charge in [-0.1, -0.05) is 49.9 Å². The quantitative estimate of drug-likeness (QED) is 0.551. The molecule has 3 aromatic rings. The summed E-state index contributed by atoms with van der Waals surface area (Å²) >= 11 is 0. The fourth-order valence-electron chi connectivity index (χ4n) is 3.14. The first-order chi connectivity index (χ1) is 10.2. The van der Waals surface area contributed by atoms with E-state index in [-0.39, 0.29) is 0 Å². The van der Waals surface area contributed by atoms with Crippen LogP contribution in [0, 0.1) is 6.92 Å². The number of para-hydroxylation sites is 1. The molecule has 0 saturated heterocycles. The van der Waals surface area contributed by atoms with E-state index in [1.807, 2.05) is 0 Å². The van der Waals surface area contributed by atoms with Gasteiger partial charge in [0, 0.05) is 17.0 Å². The van der Waals surface area contributed by atoms with Crippen molar-refractivity contribution in [3.8, 4) is 0 Å². The highest BCUT2D eigenvalue weighted by molar-refractivity contribution is 6.11. The van der Waals surface area contributed by atoms with Gasteiger partial charge in [0.05, 0.1) is 11.0 Å². The Morgan fingerprint density at radius 3 is 2.62 bits per heavy atom. The number of allylic oxidation sites excluding steroid dienone is 2. The molecule has 1 nitrogen and oxygen atoms in total. The minimum Gasteiger partial charge on any atom is -0.316 e. The lowest BCUT2D eigenvalue weighted by Gasteiger charge is -2.10. The van der Waals surface area contributed by atoms with Gasteiger partial charge in [0.2, 0.25) is 0 Å². The summed E-state index contributed by atoms with van der Waals surface area (Å²) in [5.41, 5.74) is 6.34. The molecule has 0 amide bonds. The largest absolute Gasteiger partial charge is 0.316 e. The Hall–Kier alpha value is -2.28. The average Bonchev–Trinajstić information content (AvgIpc) is 2.83. The molecule has 0 atom stereocenters. The van der Waals surface area contributed by atoms with Crippen LogP contribution < -0.4 is 0 Å². The molecule has 0 aliphatic heterocycles. The van der Waals surface area contributed by atoms with Crippen molar-refractivity contribution in [2.24, 2.45) is 0 Å². The number of nitrogens with zero attached hydrogens (tertiary/aromatic N) is 1. The minimum atomic E-state index is 0.982. The topological polar surface area (TPSA) is 4.93 Å². The van der Waals surface area contributed by atoms with Crippen molar-refractivity contribution >= 4 is 33.6 Å². The van der Waals surface area contributed by atoms with Gasteiger partial charge in [-0.2, -0.15) is 0 Å². The summed E-state index contributed by atoms with van der Waals surface area (Å²) in [6, 6.07) is 13.0. The monoisotopic (exact) mass is 275 g/mol. The Labute approximate surface area is 126 Å². The van der Waals surface area contributed by atoms with Crippen LogP contribution in [0.25, 0.3) is 33.6 Å². The molecule has 0 aliphatic carbocycles. The number of aryl methyl sites for hydroxylation is 1. The van der Waals surface area contributed by atoms with Gasteiger partial charge in [0.1, 0.15) is 0 Å². The average molecular weight is 275 g/mol. The lowest BCUT2D eigenvalue weighted by molar-refractivity contribution is 1.22. The number of rotatable bonds is 3. The second kappa shape index (κ2) is 5.25. The van der Waals surface area contributed by atoms with E-state index in [0.717, 1.165) is 6.42 Å². The third-order valence-electron chi connectivity index (χ3n) is 4.23. The SMILES string of the molecule is C=C(CC)c1ccc2c3ccccc3n(/C=C/C)c2c1C. The number of hydrogen-bond donors (Lipinski definition) is 0. The normalized spacial score (nSPS) is 11.8. The fraction of sp³-hybridized carbons (Fsp3) is 0.200. The molecule has 3 rings (SSSR count). The third-order valence-corrected chi connectivity index (χ3v) is 4.23. The van der Waals surface area contributed by atoms with Crippen LogP contribution in [0.2, 0.25) is 0 Å². The zero-order valence-electron chi connectivity index (χ0n) is 13.0. The molecule has 1 heterocycles. The van der Waals surface area contributed by atoms with Crippen LogP contribution in [0.5, 0.6) is 0 Å². The van der Waals surface area contributed by atoms with E-state index in [4.69, 9.17) is 0 Å². The molecule has 0 unspecified atom stereocenters. The molecule has 0 bridgehead atoms. The van der Waals surface area contributed by atoms with Crippen molar-refractivity contribution in [2.75, 3.05) is 0 Å². The van der Waals surface area contributed by atoms with Gasteiger partial charge in [-0.25, -0.2) is 0 Å². The Morgan fingerprint density at radius 1 is 1.14 bits per heavy atom. The molecular formula is C20H21N. The van der Waals surface area contributed by atoms with Crippen LogP contribution >= 0.6 is 0 Å². The molecule has 106 valence electrons. The Kier molecular flexibility index (Phi) is 3.42. The van der Waals surface area contributed by atoms with E-state index in [9.17, 15) is 0 Å². The highest BCUT2D eigenvalue weighted by Gasteiger charge is 2.13. The van der Waals surface area contributed by atoms with Crippen molar-refractivity contribution in [3.63, 3.8) is 0 Å². The maximum Gasteiger partial charge on any atom is 0.0570 e. The second-order valence-corrected chi connectivity index (χ2v) is 5.46. The van der Waals surface area contributed by atoms with E-state index >= 15 is 0 Å². The van der Waals surface area contributed by atoms with Gasteiger partial charge in [0.25, 0.3) is 0 Å². The van der Waals surface area contributed by atoms with Crippen molar-refractivity contribution in [3.05, 3.63) is 60.2 Å². The van der Waals surface area contributed by atoms with Crippen molar-refractivity contribution in [1.82, 2.24) is 4.57 Å². The second-order valence-electron chi connectivity index (χ2n) is 5.46.